The van der Waals surface area contributed by atoms with Gasteiger partial charge in [-0.2, -0.15) is 0 Å². The molecule has 0 aromatic carbocycles. The average Bonchev–Trinajstić information content (AvgIpc) is 1.83. The first-order valence-electron chi connectivity index (χ1n) is 2.22. The lowest BCUT2D eigenvalue weighted by Crippen LogP contribution is -2.14. The molecule has 0 amide bonds. The zero-order valence-electron chi connectivity index (χ0n) is 4.93. The second-order valence-corrected chi connectivity index (χ2v) is 1.57. The number of halogens is 1. The minimum atomic E-state index is -0.511. The van der Waals surface area contributed by atoms with E-state index < -0.39 is 5.97 Å². The van der Waals surface area contributed by atoms with E-state index in [1.54, 1.807) is 0 Å². The number of nitrogens with two attached hydrogens (primary N) is 1. The third kappa shape index (κ3) is 5.10. The van der Waals surface area contributed by atoms with Crippen molar-refractivity contribution in [1.82, 2.24) is 0 Å². The van der Waals surface area contributed by atoms with Crippen LogP contribution in [0.4, 0.5) is 0 Å². The van der Waals surface area contributed by atoms with Crippen LogP contribution in [0.3, 0.4) is 0 Å². The molecule has 0 saturated heterocycles. The fourth-order valence-corrected chi connectivity index (χ4v) is 0.196. The lowest BCUT2D eigenvalue weighted by molar-refractivity contribution is -0.140. The second-order valence-electron chi connectivity index (χ2n) is 1.30. The first-order chi connectivity index (χ1) is 4.16. The molecule has 0 radical (unpaired) electrons. The first-order valence-corrected chi connectivity index (χ1v) is 2.76. The molecular weight excluding hydrogens is 144 g/mol. The molecule has 52 valence electrons. The van der Waals surface area contributed by atoms with Crippen LogP contribution in [-0.2, 0) is 9.63 Å². The number of carbonyl (C=O) groups excluding carboxylic acids is 1. The number of hydrogen-bond donors (Lipinski definition) is 1. The third-order valence-electron chi connectivity index (χ3n) is 0.428. The number of nitrogens with zero attached hydrogens (tertiary/aromatic N) is 1. The van der Waals surface area contributed by atoms with E-state index in [1.165, 1.54) is 6.92 Å². The second kappa shape index (κ2) is 4.14. The van der Waals surface area contributed by atoms with Crippen molar-refractivity contribution in [2.24, 2.45) is 10.9 Å². The standard InChI is InChI=1S/C4H7ClN2O2/c1-3(8)9-7-4(6)2-5/h2H2,1H3,(H2,6,7). The summed E-state index contributed by atoms with van der Waals surface area (Å²) < 4.78 is 0. The van der Waals surface area contributed by atoms with Crippen LogP contribution in [0.2, 0.25) is 0 Å². The molecule has 2 N–H and O–H groups in total. The Labute approximate surface area is 57.6 Å². The fourth-order valence-electron chi connectivity index (χ4n) is 0.147. The first kappa shape index (κ1) is 8.23. The predicted molar refractivity (Wildman–Crippen MR) is 34.1 cm³/mol. The summed E-state index contributed by atoms with van der Waals surface area (Å²) in [5.41, 5.74) is 5.06. The van der Waals surface area contributed by atoms with Crippen LogP contribution in [0.1, 0.15) is 6.92 Å². The molecule has 0 unspecified atom stereocenters. The SMILES string of the molecule is CC(=O)ON=C(N)CCl. The monoisotopic (exact) mass is 150 g/mol. The number of hydrogen-bond acceptors (Lipinski definition) is 3. The fraction of sp³-hybridized carbons (Fsp3) is 0.500. The highest BCUT2D eigenvalue weighted by atomic mass is 35.5. The molecule has 0 spiro atoms. The molecule has 0 heterocycles. The van der Waals surface area contributed by atoms with Crippen molar-refractivity contribution in [3.8, 4) is 0 Å². The van der Waals surface area contributed by atoms with Crippen molar-refractivity contribution >= 4 is 23.4 Å². The number of oxime groups is 1. The number of carbonyl (C=O) groups is 1. The Bertz CT molecular complexity index is 135. The molecule has 9 heavy (non-hydrogen) atoms. The van der Waals surface area contributed by atoms with Gasteiger partial charge in [0.2, 0.25) is 0 Å². The van der Waals surface area contributed by atoms with Crippen LogP contribution < -0.4 is 5.73 Å². The molecule has 0 aromatic rings. The molecule has 0 aliphatic carbocycles. The van der Waals surface area contributed by atoms with Gasteiger partial charge in [0, 0.05) is 6.92 Å². The molecule has 5 heteroatoms. The number of rotatable bonds is 2. The van der Waals surface area contributed by atoms with E-state index in [-0.39, 0.29) is 11.7 Å². The van der Waals surface area contributed by atoms with Gasteiger partial charge in [-0.3, -0.25) is 0 Å². The van der Waals surface area contributed by atoms with E-state index in [9.17, 15) is 4.79 Å². The van der Waals surface area contributed by atoms with Crippen LogP contribution in [0.25, 0.3) is 0 Å². The molecule has 0 aromatic heterocycles. The highest BCUT2D eigenvalue weighted by Gasteiger charge is 1.90. The lowest BCUT2D eigenvalue weighted by atomic mass is 10.7. The topological polar surface area (TPSA) is 64.7 Å². The van der Waals surface area contributed by atoms with E-state index in [0.29, 0.717) is 0 Å². The van der Waals surface area contributed by atoms with Crippen LogP contribution in [0.15, 0.2) is 5.16 Å². The van der Waals surface area contributed by atoms with Crippen LogP contribution >= 0.6 is 11.6 Å². The Hall–Kier alpha value is -0.770. The van der Waals surface area contributed by atoms with Gasteiger partial charge < -0.3 is 10.6 Å². The quantitative estimate of drug-likeness (QED) is 0.199. The van der Waals surface area contributed by atoms with Gasteiger partial charge in [0.05, 0.1) is 5.88 Å². The van der Waals surface area contributed by atoms with Crippen LogP contribution in [0, 0.1) is 0 Å². The molecule has 0 saturated carbocycles. The highest BCUT2D eigenvalue weighted by molar-refractivity contribution is 6.27. The zero-order chi connectivity index (χ0) is 7.28. The molecule has 0 bridgehead atoms. The number of amidine groups is 1. The summed E-state index contributed by atoms with van der Waals surface area (Å²) in [5.74, 6) is -0.359. The summed E-state index contributed by atoms with van der Waals surface area (Å²) in [6, 6.07) is 0. The van der Waals surface area contributed by atoms with Gasteiger partial charge >= 0.3 is 5.97 Å². The van der Waals surface area contributed by atoms with Crippen molar-refractivity contribution in [2.45, 2.75) is 6.92 Å². The van der Waals surface area contributed by atoms with Gasteiger partial charge in [0.25, 0.3) is 0 Å². The van der Waals surface area contributed by atoms with E-state index in [0.717, 1.165) is 0 Å². The summed E-state index contributed by atoms with van der Waals surface area (Å²) in [6.45, 7) is 1.23. The Balaban J connectivity index is 3.56. The minimum absolute atomic E-state index is 0.0628. The van der Waals surface area contributed by atoms with Gasteiger partial charge in [-0.1, -0.05) is 5.16 Å². The van der Waals surface area contributed by atoms with Crippen LogP contribution in [-0.4, -0.2) is 17.7 Å². The maximum atomic E-state index is 10.0. The Morgan fingerprint density at radius 2 is 2.44 bits per heavy atom. The maximum Gasteiger partial charge on any atom is 0.332 e. The predicted octanol–water partition coefficient (Wildman–Crippen LogP) is 0.0605. The van der Waals surface area contributed by atoms with Crippen molar-refractivity contribution in [3.63, 3.8) is 0 Å². The Kier molecular flexibility index (Phi) is 3.79. The molecular formula is C4H7ClN2O2. The van der Waals surface area contributed by atoms with Gasteiger partial charge in [-0.15, -0.1) is 11.6 Å². The van der Waals surface area contributed by atoms with Crippen molar-refractivity contribution < 1.29 is 9.63 Å². The van der Waals surface area contributed by atoms with Gasteiger partial charge in [-0.05, 0) is 0 Å². The van der Waals surface area contributed by atoms with E-state index in [1.807, 2.05) is 0 Å². The minimum Gasteiger partial charge on any atom is -0.383 e. The Morgan fingerprint density at radius 1 is 1.89 bits per heavy atom. The molecule has 0 rings (SSSR count). The maximum absolute atomic E-state index is 10.0. The Morgan fingerprint density at radius 3 is 2.78 bits per heavy atom. The molecule has 4 nitrogen and oxygen atoms in total. The van der Waals surface area contributed by atoms with Gasteiger partial charge in [0.1, 0.15) is 0 Å². The normalized spacial score (nSPS) is 11.1. The molecule has 0 aliphatic heterocycles. The molecule has 0 atom stereocenters. The van der Waals surface area contributed by atoms with Crippen LogP contribution in [0.5, 0.6) is 0 Å². The summed E-state index contributed by atoms with van der Waals surface area (Å²) in [4.78, 5) is 14.2. The number of alkyl halides is 1. The summed E-state index contributed by atoms with van der Waals surface area (Å²) in [5, 5.41) is 3.16. The van der Waals surface area contributed by atoms with Crippen molar-refractivity contribution in [3.05, 3.63) is 0 Å². The lowest BCUT2D eigenvalue weighted by Gasteiger charge is -1.90. The van der Waals surface area contributed by atoms with E-state index in [4.69, 9.17) is 17.3 Å². The summed E-state index contributed by atoms with van der Waals surface area (Å²) in [7, 11) is 0. The third-order valence-corrected chi connectivity index (χ3v) is 0.702. The van der Waals surface area contributed by atoms with Crippen molar-refractivity contribution in [1.29, 1.82) is 0 Å². The largest absolute Gasteiger partial charge is 0.383 e. The molecule has 0 fully saturated rings. The smallest absolute Gasteiger partial charge is 0.332 e. The van der Waals surface area contributed by atoms with E-state index in [2.05, 4.69) is 9.99 Å². The van der Waals surface area contributed by atoms with Gasteiger partial charge in [0.15, 0.2) is 5.84 Å². The highest BCUT2D eigenvalue weighted by Crippen LogP contribution is 1.79. The average molecular weight is 151 g/mol. The molecule has 0 aliphatic rings. The summed E-state index contributed by atoms with van der Waals surface area (Å²) in [6.07, 6.45) is 0. The summed E-state index contributed by atoms with van der Waals surface area (Å²) >= 11 is 5.19. The van der Waals surface area contributed by atoms with E-state index >= 15 is 0 Å². The van der Waals surface area contributed by atoms with Gasteiger partial charge in [-0.25, -0.2) is 4.79 Å². The van der Waals surface area contributed by atoms with Crippen molar-refractivity contribution in [2.75, 3.05) is 5.88 Å². The zero-order valence-corrected chi connectivity index (χ0v) is 5.68.